The third kappa shape index (κ3) is 3.54. The van der Waals surface area contributed by atoms with Crippen molar-refractivity contribution in [3.05, 3.63) is 74.9 Å². The lowest BCUT2D eigenvalue weighted by atomic mass is 9.69. The normalized spacial score (nSPS) is 21.1. The topological polar surface area (TPSA) is 37.4 Å². The Morgan fingerprint density at radius 2 is 1.80 bits per heavy atom. The first kappa shape index (κ1) is 21.0. The van der Waals surface area contributed by atoms with E-state index in [0.717, 1.165) is 12.1 Å². The summed E-state index contributed by atoms with van der Waals surface area (Å²) >= 11 is 12.6. The van der Waals surface area contributed by atoms with E-state index in [1.807, 2.05) is 13.8 Å². The zero-order chi connectivity index (χ0) is 21.8. The monoisotopic (exact) mass is 449 g/mol. The van der Waals surface area contributed by atoms with Gasteiger partial charge in [0.05, 0.1) is 15.7 Å². The maximum absolute atomic E-state index is 14.6. The lowest BCUT2D eigenvalue weighted by molar-refractivity contribution is -0.121. The molecule has 0 saturated carbocycles. The molecule has 1 heterocycles. The first-order chi connectivity index (χ1) is 14.1. The minimum Gasteiger partial charge on any atom is -0.294 e. The van der Waals surface area contributed by atoms with E-state index in [2.05, 4.69) is 0 Å². The van der Waals surface area contributed by atoms with E-state index in [9.17, 15) is 18.4 Å². The molecule has 3 nitrogen and oxygen atoms in total. The minimum absolute atomic E-state index is 0.0601. The van der Waals surface area contributed by atoms with Gasteiger partial charge in [-0.15, -0.1) is 0 Å². The van der Waals surface area contributed by atoms with Crippen LogP contribution >= 0.6 is 23.2 Å². The van der Waals surface area contributed by atoms with Crippen molar-refractivity contribution in [2.45, 2.75) is 39.0 Å². The average molecular weight is 450 g/mol. The van der Waals surface area contributed by atoms with Gasteiger partial charge < -0.3 is 0 Å². The summed E-state index contributed by atoms with van der Waals surface area (Å²) in [6, 6.07) is 8.17. The molecule has 1 aliphatic heterocycles. The Balaban J connectivity index is 1.95. The number of halogens is 4. The van der Waals surface area contributed by atoms with Crippen LogP contribution in [-0.4, -0.2) is 11.7 Å². The molecule has 1 amide bonds. The molecule has 0 saturated heterocycles. The Bertz CT molecular complexity index is 1110. The van der Waals surface area contributed by atoms with Crippen LogP contribution in [0.4, 0.5) is 14.5 Å². The summed E-state index contributed by atoms with van der Waals surface area (Å²) < 4.78 is 28.1. The van der Waals surface area contributed by atoms with Crippen LogP contribution in [0.3, 0.4) is 0 Å². The van der Waals surface area contributed by atoms with Crippen LogP contribution in [0.15, 0.2) is 47.7 Å². The summed E-state index contributed by atoms with van der Waals surface area (Å²) in [5, 5.41) is 0.627. The second kappa shape index (κ2) is 7.47. The summed E-state index contributed by atoms with van der Waals surface area (Å²) in [4.78, 5) is 27.7. The number of hydrogen-bond donors (Lipinski definition) is 0. The molecule has 2 aromatic rings. The van der Waals surface area contributed by atoms with Crippen molar-refractivity contribution in [2.75, 3.05) is 4.90 Å². The van der Waals surface area contributed by atoms with Gasteiger partial charge in [-0.05, 0) is 35.6 Å². The highest BCUT2D eigenvalue weighted by molar-refractivity contribution is 6.42. The quantitative estimate of drug-likeness (QED) is 0.529. The number of allylic oxidation sites excluding steroid dienone is 2. The molecule has 4 rings (SSSR count). The smallest absolute Gasteiger partial charge is 0.232 e. The Kier molecular flexibility index (Phi) is 5.23. The van der Waals surface area contributed by atoms with E-state index in [0.29, 0.717) is 39.7 Å². The van der Waals surface area contributed by atoms with Crippen LogP contribution in [0.1, 0.15) is 44.6 Å². The van der Waals surface area contributed by atoms with Gasteiger partial charge in [0.15, 0.2) is 5.78 Å². The fourth-order valence-electron chi connectivity index (χ4n) is 4.41. The largest absolute Gasteiger partial charge is 0.294 e. The number of Topliss-reactive ketones (excluding diaryl/α,β-unsaturated/α-hetero) is 1. The van der Waals surface area contributed by atoms with Gasteiger partial charge in [-0.2, -0.15) is 0 Å². The maximum atomic E-state index is 14.6. The van der Waals surface area contributed by atoms with Crippen LogP contribution in [0.25, 0.3) is 0 Å². The third-order valence-corrected chi connectivity index (χ3v) is 6.48. The number of carbonyl (C=O) groups excluding carboxylic acids is 2. The fraction of sp³-hybridized carbons (Fsp3) is 0.304. The predicted molar refractivity (Wildman–Crippen MR) is 113 cm³/mol. The molecular weight excluding hydrogens is 431 g/mol. The average Bonchev–Trinajstić information content (AvgIpc) is 2.63. The highest BCUT2D eigenvalue weighted by atomic mass is 35.5. The molecule has 7 heteroatoms. The molecule has 0 unspecified atom stereocenters. The standard InChI is InChI=1S/C23H19Cl2F2NO2/c1-23(2)10-18-21(19(29)11-23)14(13-4-3-5-15(24)22(13)25)9-20(30)28(18)17-7-6-12(26)8-16(17)27/h3-8,14H,9-11H2,1-2H3/t14-/m1/s1. The van der Waals surface area contributed by atoms with Crippen LogP contribution in [-0.2, 0) is 9.59 Å². The van der Waals surface area contributed by atoms with Crippen molar-refractivity contribution in [2.24, 2.45) is 5.41 Å². The molecule has 30 heavy (non-hydrogen) atoms. The summed E-state index contributed by atoms with van der Waals surface area (Å²) in [5.41, 5.74) is 1.01. The van der Waals surface area contributed by atoms with Crippen molar-refractivity contribution in [3.8, 4) is 0 Å². The van der Waals surface area contributed by atoms with Crippen LogP contribution in [0, 0.1) is 17.0 Å². The van der Waals surface area contributed by atoms with Gasteiger partial charge in [0.1, 0.15) is 11.6 Å². The summed E-state index contributed by atoms with van der Waals surface area (Å²) in [7, 11) is 0. The number of anilines is 1. The zero-order valence-electron chi connectivity index (χ0n) is 16.4. The molecule has 1 aliphatic carbocycles. The predicted octanol–water partition coefficient (Wildman–Crippen LogP) is 6.44. The van der Waals surface area contributed by atoms with Crippen molar-refractivity contribution in [3.63, 3.8) is 0 Å². The highest BCUT2D eigenvalue weighted by Gasteiger charge is 2.45. The van der Waals surface area contributed by atoms with Gasteiger partial charge >= 0.3 is 0 Å². The van der Waals surface area contributed by atoms with E-state index in [1.54, 1.807) is 18.2 Å². The van der Waals surface area contributed by atoms with Gasteiger partial charge in [0.2, 0.25) is 5.91 Å². The maximum Gasteiger partial charge on any atom is 0.232 e. The van der Waals surface area contributed by atoms with Crippen molar-refractivity contribution < 1.29 is 18.4 Å². The number of ketones is 1. The fourth-order valence-corrected chi connectivity index (χ4v) is 4.85. The van der Waals surface area contributed by atoms with Crippen LogP contribution in [0.2, 0.25) is 10.0 Å². The van der Waals surface area contributed by atoms with Gasteiger partial charge in [0, 0.05) is 36.1 Å². The van der Waals surface area contributed by atoms with E-state index >= 15 is 0 Å². The number of hydrogen-bond acceptors (Lipinski definition) is 2. The van der Waals surface area contributed by atoms with Crippen molar-refractivity contribution in [1.82, 2.24) is 0 Å². The van der Waals surface area contributed by atoms with Gasteiger partial charge in [-0.25, -0.2) is 8.78 Å². The van der Waals surface area contributed by atoms with E-state index in [-0.39, 0.29) is 23.8 Å². The molecular formula is C23H19Cl2F2NO2. The molecule has 0 radical (unpaired) electrons. The highest BCUT2D eigenvalue weighted by Crippen LogP contribution is 2.49. The number of benzene rings is 2. The van der Waals surface area contributed by atoms with Crippen molar-refractivity contribution in [1.29, 1.82) is 0 Å². The first-order valence-corrected chi connectivity index (χ1v) is 10.3. The second-order valence-corrected chi connectivity index (χ2v) is 9.31. The summed E-state index contributed by atoms with van der Waals surface area (Å²) in [5.74, 6) is -2.65. The van der Waals surface area contributed by atoms with Gasteiger partial charge in [-0.1, -0.05) is 49.2 Å². The van der Waals surface area contributed by atoms with Crippen LogP contribution < -0.4 is 4.90 Å². The Hall–Kier alpha value is -2.24. The lowest BCUT2D eigenvalue weighted by Crippen LogP contribution is -2.44. The van der Waals surface area contributed by atoms with Gasteiger partial charge in [0.25, 0.3) is 0 Å². The molecule has 156 valence electrons. The molecule has 0 spiro atoms. The number of amides is 1. The van der Waals surface area contributed by atoms with Crippen LogP contribution in [0.5, 0.6) is 0 Å². The second-order valence-electron chi connectivity index (χ2n) is 8.53. The number of rotatable bonds is 2. The van der Waals surface area contributed by atoms with Gasteiger partial charge in [-0.3, -0.25) is 14.5 Å². The third-order valence-electron chi connectivity index (χ3n) is 5.65. The summed E-state index contributed by atoms with van der Waals surface area (Å²) in [6.45, 7) is 3.85. The lowest BCUT2D eigenvalue weighted by Gasteiger charge is -2.43. The number of carbonyl (C=O) groups is 2. The molecule has 0 N–H and O–H groups in total. The van der Waals surface area contributed by atoms with E-state index < -0.39 is 23.0 Å². The van der Waals surface area contributed by atoms with E-state index in [4.69, 9.17) is 23.2 Å². The van der Waals surface area contributed by atoms with E-state index in [1.165, 1.54) is 11.0 Å². The SMILES string of the molecule is CC1(C)CC(=O)C2=C(C1)N(c1ccc(F)cc1F)C(=O)C[C@@H]2c1cccc(Cl)c1Cl. The number of nitrogens with zero attached hydrogens (tertiary/aromatic N) is 1. The molecule has 0 aromatic heterocycles. The van der Waals surface area contributed by atoms with Crippen molar-refractivity contribution >= 4 is 40.6 Å². The molecule has 0 fully saturated rings. The molecule has 0 bridgehead atoms. The molecule has 2 aromatic carbocycles. The molecule has 2 aliphatic rings. The Morgan fingerprint density at radius 3 is 2.50 bits per heavy atom. The minimum atomic E-state index is -0.856. The molecule has 1 atom stereocenters. The Labute approximate surface area is 183 Å². The zero-order valence-corrected chi connectivity index (χ0v) is 18.0. The first-order valence-electron chi connectivity index (χ1n) is 9.57. The Morgan fingerprint density at radius 1 is 1.07 bits per heavy atom. The summed E-state index contributed by atoms with van der Waals surface area (Å²) in [6.07, 6.45) is 0.627.